The Bertz CT molecular complexity index is 3250. The van der Waals surface area contributed by atoms with Gasteiger partial charge in [-0.25, -0.2) is 0 Å². The highest BCUT2D eigenvalue weighted by atomic mass is 16.3. The van der Waals surface area contributed by atoms with Crippen LogP contribution in [0, 0.1) is 0 Å². The first kappa shape index (κ1) is 32.3. The molecule has 0 aliphatic carbocycles. The highest BCUT2D eigenvalue weighted by Gasteiger charge is 2.42. The molecule has 2 aliphatic heterocycles. The van der Waals surface area contributed by atoms with Crippen LogP contribution < -0.4 is 26.2 Å². The molecule has 59 heavy (non-hydrogen) atoms. The van der Waals surface area contributed by atoms with Crippen molar-refractivity contribution in [2.75, 3.05) is 9.80 Å². The van der Waals surface area contributed by atoms with Crippen molar-refractivity contribution in [1.29, 1.82) is 0 Å². The molecule has 4 heterocycles. The summed E-state index contributed by atoms with van der Waals surface area (Å²) >= 11 is 0. The molecule has 0 spiro atoms. The van der Waals surface area contributed by atoms with Crippen molar-refractivity contribution < 1.29 is 8.83 Å². The molecule has 9 aromatic carbocycles. The van der Waals surface area contributed by atoms with Gasteiger partial charge in [-0.15, -0.1) is 0 Å². The summed E-state index contributed by atoms with van der Waals surface area (Å²) in [5.74, 6) is 0. The summed E-state index contributed by atoms with van der Waals surface area (Å²) < 4.78 is 12.9. The molecular weight excluding hydrogens is 719 g/mol. The Hall–Kier alpha value is -7.76. The zero-order valence-electron chi connectivity index (χ0n) is 31.8. The maximum Gasteiger partial charge on any atom is 0.252 e. The number of nitrogens with zero attached hydrogens (tertiary/aromatic N) is 2. The zero-order chi connectivity index (χ0) is 38.6. The Morgan fingerprint density at radius 1 is 0.322 bits per heavy atom. The van der Waals surface area contributed by atoms with E-state index in [4.69, 9.17) is 8.83 Å². The van der Waals surface area contributed by atoms with Crippen LogP contribution in [-0.4, -0.2) is 6.71 Å². The predicted octanol–water partition coefficient (Wildman–Crippen LogP) is 12.9. The lowest BCUT2D eigenvalue weighted by molar-refractivity contribution is 0.669. The van der Waals surface area contributed by atoms with Crippen molar-refractivity contribution in [2.45, 2.75) is 0 Å². The van der Waals surface area contributed by atoms with Gasteiger partial charge in [0.25, 0.3) is 6.71 Å². The van der Waals surface area contributed by atoms with Crippen LogP contribution in [-0.2, 0) is 0 Å². The van der Waals surface area contributed by atoms with Gasteiger partial charge in [0, 0.05) is 66.8 Å². The largest absolute Gasteiger partial charge is 0.455 e. The molecule has 4 nitrogen and oxygen atoms in total. The van der Waals surface area contributed by atoms with Crippen LogP contribution in [0.25, 0.3) is 66.1 Å². The lowest BCUT2D eigenvalue weighted by Gasteiger charge is -2.44. The molecule has 0 atom stereocenters. The number of para-hydroxylation sites is 6. The minimum atomic E-state index is 0.0796. The molecule has 0 fully saturated rings. The van der Waals surface area contributed by atoms with Gasteiger partial charge in [0.15, 0.2) is 0 Å². The van der Waals surface area contributed by atoms with E-state index in [1.807, 2.05) is 24.3 Å². The molecular formula is C54H33BN2O2. The van der Waals surface area contributed by atoms with E-state index in [-0.39, 0.29) is 6.71 Å². The first-order chi connectivity index (χ1) is 29.3. The highest BCUT2D eigenvalue weighted by molar-refractivity contribution is 7.00. The van der Waals surface area contributed by atoms with E-state index >= 15 is 0 Å². The molecule has 5 heteroatoms. The number of hydrogen-bond donors (Lipinski definition) is 0. The smallest absolute Gasteiger partial charge is 0.252 e. The zero-order valence-corrected chi connectivity index (χ0v) is 31.8. The van der Waals surface area contributed by atoms with Crippen LogP contribution in [0.3, 0.4) is 0 Å². The molecule has 0 bridgehead atoms. The van der Waals surface area contributed by atoms with Crippen molar-refractivity contribution >= 4 is 101 Å². The first-order valence-electron chi connectivity index (χ1n) is 20.2. The van der Waals surface area contributed by atoms with E-state index in [9.17, 15) is 0 Å². The fraction of sp³-hybridized carbons (Fsp3) is 0. The Morgan fingerprint density at radius 2 is 0.712 bits per heavy atom. The van der Waals surface area contributed by atoms with E-state index in [1.54, 1.807) is 0 Å². The van der Waals surface area contributed by atoms with Gasteiger partial charge in [0.1, 0.15) is 22.3 Å². The highest BCUT2D eigenvalue weighted by Crippen LogP contribution is 2.45. The topological polar surface area (TPSA) is 32.8 Å². The third-order valence-corrected chi connectivity index (χ3v) is 12.5. The van der Waals surface area contributed by atoms with Crippen LogP contribution in [0.15, 0.2) is 209 Å². The normalized spacial score (nSPS) is 13.0. The molecule has 274 valence electrons. The van der Waals surface area contributed by atoms with Crippen LogP contribution in [0.1, 0.15) is 0 Å². The van der Waals surface area contributed by atoms with Crippen LogP contribution >= 0.6 is 0 Å². The number of anilines is 6. The molecule has 2 aromatic heterocycles. The lowest BCUT2D eigenvalue weighted by Crippen LogP contribution is -2.61. The number of hydrogen-bond acceptors (Lipinski definition) is 4. The van der Waals surface area contributed by atoms with Crippen molar-refractivity contribution in [3.05, 3.63) is 200 Å². The summed E-state index contributed by atoms with van der Waals surface area (Å²) in [6.07, 6.45) is 0. The number of rotatable bonds is 4. The third kappa shape index (κ3) is 4.67. The molecule has 2 aliphatic rings. The van der Waals surface area contributed by atoms with Gasteiger partial charge in [-0.05, 0) is 88.2 Å². The van der Waals surface area contributed by atoms with Crippen LogP contribution in [0.5, 0.6) is 0 Å². The summed E-state index contributed by atoms with van der Waals surface area (Å²) in [7, 11) is 0. The predicted molar refractivity (Wildman–Crippen MR) is 246 cm³/mol. The third-order valence-electron chi connectivity index (χ3n) is 12.5. The van der Waals surface area contributed by atoms with Crippen molar-refractivity contribution in [3.8, 4) is 22.3 Å². The Kier molecular flexibility index (Phi) is 6.78. The average molecular weight is 753 g/mol. The fourth-order valence-electron chi connectivity index (χ4n) is 9.92. The Labute approximate surface area is 340 Å². The minimum absolute atomic E-state index is 0.0796. The van der Waals surface area contributed by atoms with E-state index in [0.717, 1.165) is 77.5 Å². The quantitative estimate of drug-likeness (QED) is 0.168. The van der Waals surface area contributed by atoms with E-state index in [1.165, 1.54) is 39.1 Å². The van der Waals surface area contributed by atoms with Gasteiger partial charge in [0.05, 0.1) is 0 Å². The molecule has 13 rings (SSSR count). The second-order valence-electron chi connectivity index (χ2n) is 15.6. The molecule has 11 aromatic rings. The van der Waals surface area contributed by atoms with Crippen molar-refractivity contribution in [3.63, 3.8) is 0 Å². The molecule has 0 unspecified atom stereocenters. The molecule has 0 N–H and O–H groups in total. The average Bonchev–Trinajstić information content (AvgIpc) is 3.88. The summed E-state index contributed by atoms with van der Waals surface area (Å²) in [6, 6.07) is 72.0. The van der Waals surface area contributed by atoms with E-state index in [2.05, 4.69) is 186 Å². The molecule has 0 saturated carbocycles. The van der Waals surface area contributed by atoms with Crippen LogP contribution in [0.2, 0.25) is 0 Å². The number of fused-ring (bicyclic) bond motifs is 10. The number of furan rings is 2. The summed E-state index contributed by atoms with van der Waals surface area (Å²) in [5, 5.41) is 4.55. The van der Waals surface area contributed by atoms with Gasteiger partial charge in [-0.3, -0.25) is 0 Å². The number of benzene rings is 9. The maximum absolute atomic E-state index is 6.43. The van der Waals surface area contributed by atoms with E-state index in [0.29, 0.717) is 0 Å². The van der Waals surface area contributed by atoms with Crippen molar-refractivity contribution in [2.24, 2.45) is 0 Å². The fourth-order valence-corrected chi connectivity index (χ4v) is 9.92. The van der Waals surface area contributed by atoms with Crippen molar-refractivity contribution in [1.82, 2.24) is 0 Å². The standard InChI is InChI=1S/C54H33BN2O2/c1-7-24-50-40(12-1)42-16-9-14-38(53(42)58-50)34-26-30-36(31-27-34)56-46-20-5-3-18-44(46)55-45-19-4-6-21-47(45)57(49-23-11-22-48(56)52(49)55)37-32-28-35(29-33-37)39-15-10-17-43-41-13-2-8-25-51(41)59-54(39)43/h1-33H. The maximum atomic E-state index is 6.43. The monoisotopic (exact) mass is 752 g/mol. The second-order valence-corrected chi connectivity index (χ2v) is 15.6. The first-order valence-corrected chi connectivity index (χ1v) is 20.2. The molecule has 0 amide bonds. The minimum Gasteiger partial charge on any atom is -0.455 e. The van der Waals surface area contributed by atoms with Crippen LogP contribution in [0.4, 0.5) is 34.1 Å². The lowest BCUT2D eigenvalue weighted by atomic mass is 9.33. The van der Waals surface area contributed by atoms with Gasteiger partial charge >= 0.3 is 0 Å². The van der Waals surface area contributed by atoms with E-state index < -0.39 is 0 Å². The summed E-state index contributed by atoms with van der Waals surface area (Å²) in [5.41, 5.74) is 19.0. The second kappa shape index (κ2) is 12.4. The molecule has 0 radical (unpaired) electrons. The molecule has 0 saturated heterocycles. The SMILES string of the molecule is c1ccc2c(c1)B1c3ccccc3N(c3ccc(-c4cccc5c4oc4ccccc45)cc3)c3cccc(c31)N2c1ccc(-c2cccc3c2oc2ccccc23)cc1. The summed E-state index contributed by atoms with van der Waals surface area (Å²) in [4.78, 5) is 4.89. The van der Waals surface area contributed by atoms with Gasteiger partial charge in [-0.2, -0.15) is 0 Å². The summed E-state index contributed by atoms with van der Waals surface area (Å²) in [6.45, 7) is 0.0796. The Balaban J connectivity index is 0.938. The van der Waals surface area contributed by atoms with Gasteiger partial charge < -0.3 is 18.6 Å². The van der Waals surface area contributed by atoms with Gasteiger partial charge in [-0.1, -0.05) is 140 Å². The van der Waals surface area contributed by atoms with Gasteiger partial charge in [0.2, 0.25) is 0 Å². The Morgan fingerprint density at radius 3 is 1.20 bits per heavy atom.